The Morgan fingerprint density at radius 3 is 2.55 bits per heavy atom. The molecule has 0 N–H and O–H groups in total. The topological polar surface area (TPSA) is 41.4 Å². The molecule has 2 saturated heterocycles. The van der Waals surface area contributed by atoms with Gasteiger partial charge in [-0.25, -0.2) is 0 Å². The third kappa shape index (κ3) is 2.67. The molecular formula is C17H28N4O. The predicted molar refractivity (Wildman–Crippen MR) is 86.8 cm³/mol. The highest BCUT2D eigenvalue weighted by Crippen LogP contribution is 2.39. The molecule has 2 aliphatic rings. The zero-order chi connectivity index (χ0) is 15.9. The van der Waals surface area contributed by atoms with Crippen LogP contribution in [0.5, 0.6) is 0 Å². The summed E-state index contributed by atoms with van der Waals surface area (Å²) in [6, 6.07) is 0. The molecule has 1 amide bonds. The molecule has 122 valence electrons. The van der Waals surface area contributed by atoms with E-state index in [1.807, 2.05) is 11.6 Å². The second-order valence-electron chi connectivity index (χ2n) is 7.19. The van der Waals surface area contributed by atoms with Crippen molar-refractivity contribution < 1.29 is 4.79 Å². The maximum Gasteiger partial charge on any atom is 0.227 e. The summed E-state index contributed by atoms with van der Waals surface area (Å²) in [5.41, 5.74) is 3.63. The molecule has 1 spiro atoms. The number of amides is 1. The SMILES string of the molecule is CCn1nc(C)c(CC(=O)N2CCC3(CCN(C)C3)C2)c1C. The molecule has 1 unspecified atom stereocenters. The van der Waals surface area contributed by atoms with Gasteiger partial charge in [0.25, 0.3) is 0 Å². The average Bonchev–Trinajstić information content (AvgIpc) is 3.14. The Morgan fingerprint density at radius 2 is 1.95 bits per heavy atom. The maximum absolute atomic E-state index is 12.7. The molecule has 0 aliphatic carbocycles. The number of carbonyl (C=O) groups excluding carboxylic acids is 1. The smallest absolute Gasteiger partial charge is 0.227 e. The van der Waals surface area contributed by atoms with Gasteiger partial charge in [-0.05, 0) is 47.2 Å². The standard InChI is InChI=1S/C17H28N4O/c1-5-21-14(3)15(13(2)18-21)10-16(22)20-9-7-17(12-20)6-8-19(4)11-17/h5-12H2,1-4H3. The van der Waals surface area contributed by atoms with Gasteiger partial charge in [-0.1, -0.05) is 0 Å². The van der Waals surface area contributed by atoms with E-state index in [1.54, 1.807) is 0 Å². The van der Waals surface area contributed by atoms with Gasteiger partial charge in [-0.15, -0.1) is 0 Å². The molecule has 0 bridgehead atoms. The fraction of sp³-hybridized carbons (Fsp3) is 0.765. The molecular weight excluding hydrogens is 276 g/mol. The monoisotopic (exact) mass is 304 g/mol. The second-order valence-corrected chi connectivity index (χ2v) is 7.19. The first-order valence-electron chi connectivity index (χ1n) is 8.43. The molecule has 2 aliphatic heterocycles. The molecule has 1 aromatic rings. The van der Waals surface area contributed by atoms with E-state index in [0.29, 0.717) is 11.8 Å². The Kier molecular flexibility index (Phi) is 4.02. The Morgan fingerprint density at radius 1 is 1.23 bits per heavy atom. The van der Waals surface area contributed by atoms with Crippen LogP contribution in [-0.4, -0.2) is 58.7 Å². The normalized spacial score (nSPS) is 25.5. The highest BCUT2D eigenvalue weighted by atomic mass is 16.2. The third-order valence-corrected chi connectivity index (χ3v) is 5.58. The number of nitrogens with zero attached hydrogens (tertiary/aromatic N) is 4. The summed E-state index contributed by atoms with van der Waals surface area (Å²) in [6.07, 6.45) is 2.90. The summed E-state index contributed by atoms with van der Waals surface area (Å²) in [5, 5.41) is 4.53. The highest BCUT2D eigenvalue weighted by molar-refractivity contribution is 5.79. The van der Waals surface area contributed by atoms with Gasteiger partial charge >= 0.3 is 0 Å². The molecule has 22 heavy (non-hydrogen) atoms. The number of likely N-dealkylation sites (tertiary alicyclic amines) is 2. The van der Waals surface area contributed by atoms with Crippen LogP contribution in [-0.2, 0) is 17.8 Å². The van der Waals surface area contributed by atoms with Crippen LogP contribution >= 0.6 is 0 Å². The van der Waals surface area contributed by atoms with Crippen molar-refractivity contribution in [3.8, 4) is 0 Å². The summed E-state index contributed by atoms with van der Waals surface area (Å²) < 4.78 is 2.00. The van der Waals surface area contributed by atoms with Crippen LogP contribution in [0.3, 0.4) is 0 Å². The Labute approximate surface area is 133 Å². The number of carbonyl (C=O) groups is 1. The van der Waals surface area contributed by atoms with Gasteiger partial charge in [0, 0.05) is 42.9 Å². The zero-order valence-electron chi connectivity index (χ0n) is 14.4. The molecule has 1 atom stereocenters. The van der Waals surface area contributed by atoms with Gasteiger partial charge in [0.1, 0.15) is 0 Å². The molecule has 2 fully saturated rings. The lowest BCUT2D eigenvalue weighted by molar-refractivity contribution is -0.129. The largest absolute Gasteiger partial charge is 0.342 e. The van der Waals surface area contributed by atoms with E-state index in [-0.39, 0.29) is 5.91 Å². The van der Waals surface area contributed by atoms with Crippen molar-refractivity contribution in [3.05, 3.63) is 17.0 Å². The van der Waals surface area contributed by atoms with Crippen molar-refractivity contribution in [1.29, 1.82) is 0 Å². The van der Waals surface area contributed by atoms with Crippen molar-refractivity contribution >= 4 is 5.91 Å². The van der Waals surface area contributed by atoms with Gasteiger partial charge < -0.3 is 9.80 Å². The van der Waals surface area contributed by atoms with Crippen molar-refractivity contribution in [3.63, 3.8) is 0 Å². The minimum absolute atomic E-state index is 0.272. The summed E-state index contributed by atoms with van der Waals surface area (Å²) in [6.45, 7) is 11.2. The van der Waals surface area contributed by atoms with Crippen LogP contribution < -0.4 is 0 Å². The first kappa shape index (κ1) is 15.5. The molecule has 0 saturated carbocycles. The molecule has 5 heteroatoms. The van der Waals surface area contributed by atoms with Crippen molar-refractivity contribution in [2.24, 2.45) is 5.41 Å². The number of rotatable bonds is 3. The summed E-state index contributed by atoms with van der Waals surface area (Å²) >= 11 is 0. The number of aromatic nitrogens is 2. The first-order valence-corrected chi connectivity index (χ1v) is 8.43. The van der Waals surface area contributed by atoms with Crippen LogP contribution in [0.4, 0.5) is 0 Å². The molecule has 3 heterocycles. The van der Waals surface area contributed by atoms with Crippen LogP contribution in [0, 0.1) is 19.3 Å². The van der Waals surface area contributed by atoms with Crippen molar-refractivity contribution in [1.82, 2.24) is 19.6 Å². The second kappa shape index (κ2) is 5.69. The van der Waals surface area contributed by atoms with E-state index in [4.69, 9.17) is 0 Å². The van der Waals surface area contributed by atoms with E-state index in [0.717, 1.165) is 49.6 Å². The number of hydrogen-bond acceptors (Lipinski definition) is 3. The molecule has 5 nitrogen and oxygen atoms in total. The van der Waals surface area contributed by atoms with E-state index in [2.05, 4.69) is 35.8 Å². The fourth-order valence-electron chi connectivity index (χ4n) is 4.20. The maximum atomic E-state index is 12.7. The quantitative estimate of drug-likeness (QED) is 0.852. The van der Waals surface area contributed by atoms with Gasteiger partial charge in [0.05, 0.1) is 12.1 Å². The Bertz CT molecular complexity index is 579. The molecule has 0 aromatic carbocycles. The molecule has 0 radical (unpaired) electrons. The zero-order valence-corrected chi connectivity index (χ0v) is 14.4. The Hall–Kier alpha value is -1.36. The summed E-state index contributed by atoms with van der Waals surface area (Å²) in [7, 11) is 2.19. The third-order valence-electron chi connectivity index (χ3n) is 5.58. The number of hydrogen-bond donors (Lipinski definition) is 0. The van der Waals surface area contributed by atoms with Gasteiger partial charge in [0.15, 0.2) is 0 Å². The summed E-state index contributed by atoms with van der Waals surface area (Å²) in [4.78, 5) is 17.2. The van der Waals surface area contributed by atoms with Crippen LogP contribution in [0.25, 0.3) is 0 Å². The number of aryl methyl sites for hydroxylation is 2. The summed E-state index contributed by atoms with van der Waals surface area (Å²) in [5.74, 6) is 0.272. The van der Waals surface area contributed by atoms with E-state index < -0.39 is 0 Å². The van der Waals surface area contributed by atoms with E-state index >= 15 is 0 Å². The first-order chi connectivity index (χ1) is 10.4. The molecule has 1 aromatic heterocycles. The van der Waals surface area contributed by atoms with Crippen LogP contribution in [0.1, 0.15) is 36.7 Å². The van der Waals surface area contributed by atoms with Crippen LogP contribution in [0.15, 0.2) is 0 Å². The van der Waals surface area contributed by atoms with Gasteiger partial charge in [0.2, 0.25) is 5.91 Å². The fourth-order valence-corrected chi connectivity index (χ4v) is 4.20. The molecule has 3 rings (SSSR count). The van der Waals surface area contributed by atoms with Crippen LogP contribution in [0.2, 0.25) is 0 Å². The lowest BCUT2D eigenvalue weighted by atomic mass is 9.86. The lowest BCUT2D eigenvalue weighted by Gasteiger charge is -2.23. The predicted octanol–water partition coefficient (Wildman–Crippen LogP) is 1.62. The van der Waals surface area contributed by atoms with E-state index in [1.165, 1.54) is 13.0 Å². The van der Waals surface area contributed by atoms with Gasteiger partial charge in [-0.2, -0.15) is 5.10 Å². The highest BCUT2D eigenvalue weighted by Gasteiger charge is 2.43. The Balaban J connectivity index is 1.67. The lowest BCUT2D eigenvalue weighted by Crippen LogP contribution is -2.34. The minimum Gasteiger partial charge on any atom is -0.342 e. The van der Waals surface area contributed by atoms with Crippen molar-refractivity contribution in [2.75, 3.05) is 33.2 Å². The average molecular weight is 304 g/mol. The van der Waals surface area contributed by atoms with Crippen molar-refractivity contribution in [2.45, 2.75) is 46.6 Å². The van der Waals surface area contributed by atoms with Gasteiger partial charge in [-0.3, -0.25) is 9.48 Å². The van der Waals surface area contributed by atoms with E-state index in [9.17, 15) is 4.79 Å². The minimum atomic E-state index is 0.272.